The highest BCUT2D eigenvalue weighted by atomic mass is 16.3. The second-order valence-electron chi connectivity index (χ2n) is 5.97. The van der Waals surface area contributed by atoms with E-state index in [2.05, 4.69) is 29.3 Å². The van der Waals surface area contributed by atoms with E-state index >= 15 is 0 Å². The van der Waals surface area contributed by atoms with Crippen LogP contribution >= 0.6 is 0 Å². The third-order valence-electron chi connectivity index (χ3n) is 4.88. The SMILES string of the molecule is CCC1CCN(CCC(CO)(NC)c2ccccc2)C1. The first-order valence-corrected chi connectivity index (χ1v) is 7.81. The lowest BCUT2D eigenvalue weighted by Crippen LogP contribution is -2.46. The predicted molar refractivity (Wildman–Crippen MR) is 83.7 cm³/mol. The van der Waals surface area contributed by atoms with Crippen LogP contribution in [0.3, 0.4) is 0 Å². The van der Waals surface area contributed by atoms with Gasteiger partial charge in [0.1, 0.15) is 0 Å². The van der Waals surface area contributed by atoms with Crippen molar-refractivity contribution >= 4 is 0 Å². The molecule has 3 heteroatoms. The molecular weight excluding hydrogens is 248 g/mol. The van der Waals surface area contributed by atoms with Gasteiger partial charge in [-0.1, -0.05) is 43.7 Å². The fraction of sp³-hybridized carbons (Fsp3) is 0.647. The number of aliphatic hydroxyl groups is 1. The summed E-state index contributed by atoms with van der Waals surface area (Å²) in [5.74, 6) is 0.866. The zero-order chi connectivity index (χ0) is 14.4. The Balaban J connectivity index is 1.99. The molecule has 1 aliphatic rings. The molecule has 2 unspecified atom stereocenters. The lowest BCUT2D eigenvalue weighted by Gasteiger charge is -2.34. The van der Waals surface area contributed by atoms with Gasteiger partial charge in [0, 0.05) is 13.1 Å². The predicted octanol–water partition coefficient (Wildman–Crippen LogP) is 2.22. The third-order valence-corrected chi connectivity index (χ3v) is 4.88. The van der Waals surface area contributed by atoms with Gasteiger partial charge in [-0.3, -0.25) is 0 Å². The molecule has 0 saturated carbocycles. The molecule has 1 aromatic carbocycles. The van der Waals surface area contributed by atoms with Gasteiger partial charge in [-0.15, -0.1) is 0 Å². The van der Waals surface area contributed by atoms with E-state index in [-0.39, 0.29) is 12.1 Å². The van der Waals surface area contributed by atoms with E-state index in [4.69, 9.17) is 0 Å². The maximum atomic E-state index is 9.92. The minimum absolute atomic E-state index is 0.137. The molecule has 112 valence electrons. The van der Waals surface area contributed by atoms with Crippen LogP contribution in [-0.2, 0) is 5.54 Å². The van der Waals surface area contributed by atoms with Gasteiger partial charge in [0.05, 0.1) is 12.1 Å². The molecule has 1 fully saturated rings. The Bertz CT molecular complexity index is 389. The zero-order valence-corrected chi connectivity index (χ0v) is 12.8. The average Bonchev–Trinajstić information content (AvgIpc) is 2.98. The quantitative estimate of drug-likeness (QED) is 0.801. The lowest BCUT2D eigenvalue weighted by atomic mass is 9.87. The van der Waals surface area contributed by atoms with Gasteiger partial charge in [0.25, 0.3) is 0 Å². The van der Waals surface area contributed by atoms with Crippen molar-refractivity contribution in [3.63, 3.8) is 0 Å². The van der Waals surface area contributed by atoms with Crippen LogP contribution in [0.4, 0.5) is 0 Å². The fourth-order valence-corrected chi connectivity index (χ4v) is 3.22. The summed E-state index contributed by atoms with van der Waals surface area (Å²) in [6, 6.07) is 10.3. The summed E-state index contributed by atoms with van der Waals surface area (Å²) >= 11 is 0. The molecule has 1 saturated heterocycles. The largest absolute Gasteiger partial charge is 0.394 e. The number of nitrogens with zero attached hydrogens (tertiary/aromatic N) is 1. The zero-order valence-electron chi connectivity index (χ0n) is 12.8. The molecule has 0 bridgehead atoms. The number of aliphatic hydroxyl groups excluding tert-OH is 1. The molecule has 1 aliphatic heterocycles. The normalized spacial score (nSPS) is 22.9. The highest BCUT2D eigenvalue weighted by Gasteiger charge is 2.31. The van der Waals surface area contributed by atoms with Gasteiger partial charge >= 0.3 is 0 Å². The number of hydrogen-bond acceptors (Lipinski definition) is 3. The topological polar surface area (TPSA) is 35.5 Å². The molecule has 0 radical (unpaired) electrons. The number of hydrogen-bond donors (Lipinski definition) is 2. The Labute approximate surface area is 123 Å². The van der Waals surface area contributed by atoms with Crippen molar-refractivity contribution in [2.45, 2.75) is 31.7 Å². The average molecular weight is 276 g/mol. The van der Waals surface area contributed by atoms with Crippen molar-refractivity contribution in [3.8, 4) is 0 Å². The second kappa shape index (κ2) is 7.21. The molecule has 0 spiro atoms. The summed E-state index contributed by atoms with van der Waals surface area (Å²) in [4.78, 5) is 2.54. The van der Waals surface area contributed by atoms with Gasteiger partial charge in [-0.05, 0) is 37.9 Å². The minimum Gasteiger partial charge on any atom is -0.394 e. The number of benzene rings is 1. The van der Waals surface area contributed by atoms with Gasteiger partial charge < -0.3 is 15.3 Å². The number of rotatable bonds is 7. The van der Waals surface area contributed by atoms with Crippen molar-refractivity contribution in [2.24, 2.45) is 5.92 Å². The highest BCUT2D eigenvalue weighted by Crippen LogP contribution is 2.26. The van der Waals surface area contributed by atoms with Crippen LogP contribution in [-0.4, -0.2) is 43.3 Å². The molecule has 1 aromatic rings. The molecule has 0 aromatic heterocycles. The Kier molecular flexibility index (Phi) is 5.58. The Hall–Kier alpha value is -0.900. The highest BCUT2D eigenvalue weighted by molar-refractivity contribution is 5.24. The minimum atomic E-state index is -0.314. The smallest absolute Gasteiger partial charge is 0.0678 e. The molecule has 2 N–H and O–H groups in total. The summed E-state index contributed by atoms with van der Waals surface area (Å²) in [6.45, 7) is 5.89. The van der Waals surface area contributed by atoms with Crippen molar-refractivity contribution in [1.29, 1.82) is 0 Å². The number of likely N-dealkylation sites (N-methyl/N-ethyl adjacent to an activating group) is 1. The van der Waals surface area contributed by atoms with Crippen LogP contribution in [0.5, 0.6) is 0 Å². The summed E-state index contributed by atoms with van der Waals surface area (Å²) in [6.07, 6.45) is 3.56. The first-order chi connectivity index (χ1) is 9.74. The third kappa shape index (κ3) is 3.40. The van der Waals surface area contributed by atoms with E-state index < -0.39 is 0 Å². The molecule has 0 amide bonds. The fourth-order valence-electron chi connectivity index (χ4n) is 3.22. The molecule has 1 heterocycles. The summed E-state index contributed by atoms with van der Waals surface area (Å²) in [7, 11) is 1.95. The van der Waals surface area contributed by atoms with E-state index in [0.717, 1.165) is 18.9 Å². The van der Waals surface area contributed by atoms with E-state index in [1.165, 1.54) is 31.5 Å². The van der Waals surface area contributed by atoms with Gasteiger partial charge in [0.15, 0.2) is 0 Å². The molecule has 2 atom stereocenters. The Morgan fingerprint density at radius 3 is 2.65 bits per heavy atom. The standard InChI is InChI=1S/C17H28N2O/c1-3-15-9-11-19(13-15)12-10-17(14-20,18-2)16-7-5-4-6-8-16/h4-8,15,18,20H,3,9-14H2,1-2H3. The first kappa shape index (κ1) is 15.5. The van der Waals surface area contributed by atoms with Crippen LogP contribution in [0, 0.1) is 5.92 Å². The van der Waals surface area contributed by atoms with Gasteiger partial charge in [-0.25, -0.2) is 0 Å². The van der Waals surface area contributed by atoms with Crippen molar-refractivity contribution in [3.05, 3.63) is 35.9 Å². The molecule has 3 nitrogen and oxygen atoms in total. The van der Waals surface area contributed by atoms with E-state index in [9.17, 15) is 5.11 Å². The lowest BCUT2D eigenvalue weighted by molar-refractivity contribution is 0.143. The van der Waals surface area contributed by atoms with Crippen LogP contribution in [0.15, 0.2) is 30.3 Å². The van der Waals surface area contributed by atoms with Gasteiger partial charge in [-0.2, -0.15) is 0 Å². The first-order valence-electron chi connectivity index (χ1n) is 7.81. The molecule has 20 heavy (non-hydrogen) atoms. The van der Waals surface area contributed by atoms with Crippen molar-refractivity contribution < 1.29 is 5.11 Å². The van der Waals surface area contributed by atoms with Crippen LogP contribution in [0.25, 0.3) is 0 Å². The van der Waals surface area contributed by atoms with Crippen LogP contribution in [0.1, 0.15) is 31.7 Å². The maximum absolute atomic E-state index is 9.92. The van der Waals surface area contributed by atoms with Crippen molar-refractivity contribution in [2.75, 3.05) is 33.3 Å². The monoisotopic (exact) mass is 276 g/mol. The summed E-state index contributed by atoms with van der Waals surface area (Å²) in [5, 5.41) is 13.3. The molecule has 0 aliphatic carbocycles. The van der Waals surface area contributed by atoms with E-state index in [0.29, 0.717) is 0 Å². The molecule has 2 rings (SSSR count). The summed E-state index contributed by atoms with van der Waals surface area (Å²) in [5.41, 5.74) is 0.863. The van der Waals surface area contributed by atoms with E-state index in [1.54, 1.807) is 0 Å². The summed E-state index contributed by atoms with van der Waals surface area (Å²) < 4.78 is 0. The number of nitrogens with one attached hydrogen (secondary N) is 1. The Morgan fingerprint density at radius 2 is 2.10 bits per heavy atom. The molecular formula is C17H28N2O. The number of likely N-dealkylation sites (tertiary alicyclic amines) is 1. The van der Waals surface area contributed by atoms with E-state index in [1.807, 2.05) is 25.2 Å². The second-order valence-corrected chi connectivity index (χ2v) is 5.97. The van der Waals surface area contributed by atoms with Crippen LogP contribution in [0.2, 0.25) is 0 Å². The maximum Gasteiger partial charge on any atom is 0.0678 e. The van der Waals surface area contributed by atoms with Crippen molar-refractivity contribution in [1.82, 2.24) is 10.2 Å². The Morgan fingerprint density at radius 1 is 1.35 bits per heavy atom. The van der Waals surface area contributed by atoms with Crippen LogP contribution < -0.4 is 5.32 Å². The van der Waals surface area contributed by atoms with Gasteiger partial charge in [0.2, 0.25) is 0 Å².